The van der Waals surface area contributed by atoms with Crippen LogP contribution in [-0.4, -0.2) is 23.5 Å². The van der Waals surface area contributed by atoms with Crippen molar-refractivity contribution in [2.24, 2.45) is 11.5 Å². The molecule has 0 radical (unpaired) electrons. The van der Waals surface area contributed by atoms with E-state index in [-0.39, 0.29) is 30.0 Å². The van der Waals surface area contributed by atoms with Gasteiger partial charge in [-0.1, -0.05) is 6.58 Å². The summed E-state index contributed by atoms with van der Waals surface area (Å²) in [6.45, 7) is 4.66. The molecule has 0 heterocycles. The summed E-state index contributed by atoms with van der Waals surface area (Å²) in [5, 5.41) is 0. The molecule has 0 fully saturated rings. The minimum atomic E-state index is -0.792. The van der Waals surface area contributed by atoms with E-state index in [4.69, 9.17) is 11.5 Å². The quantitative estimate of drug-likeness (QED) is 0.434. The second-order valence-electron chi connectivity index (χ2n) is 3.12. The zero-order chi connectivity index (χ0) is 11.3. The van der Waals surface area contributed by atoms with Crippen molar-refractivity contribution in [3.05, 3.63) is 12.2 Å². The van der Waals surface area contributed by atoms with Gasteiger partial charge in [-0.3, -0.25) is 14.4 Å². The van der Waals surface area contributed by atoms with Crippen LogP contribution in [0.4, 0.5) is 0 Å². The normalized spacial score (nSPS) is 11.9. The van der Waals surface area contributed by atoms with Crippen LogP contribution < -0.4 is 11.5 Å². The lowest BCUT2D eigenvalue weighted by molar-refractivity contribution is -0.125. The number of rotatable bonds is 6. The van der Waals surface area contributed by atoms with Crippen LogP contribution in [0.15, 0.2) is 12.2 Å². The Bertz CT molecular complexity index is 284. The average molecular weight is 198 g/mol. The number of nitrogens with two attached hydrogens (primary N) is 2. The molecule has 0 aromatic rings. The van der Waals surface area contributed by atoms with Crippen LogP contribution in [-0.2, 0) is 14.4 Å². The van der Waals surface area contributed by atoms with E-state index in [0.29, 0.717) is 0 Å². The van der Waals surface area contributed by atoms with Crippen LogP contribution in [0.5, 0.6) is 0 Å². The number of hydrogen-bond acceptors (Lipinski definition) is 4. The van der Waals surface area contributed by atoms with Gasteiger partial charge in [0.1, 0.15) is 11.6 Å². The molecule has 1 unspecified atom stereocenters. The van der Waals surface area contributed by atoms with E-state index in [1.807, 2.05) is 0 Å². The lowest BCUT2D eigenvalue weighted by Crippen LogP contribution is -2.32. The van der Waals surface area contributed by atoms with E-state index in [2.05, 4.69) is 6.58 Å². The summed E-state index contributed by atoms with van der Waals surface area (Å²) in [6, 6.07) is -0.792. The molecule has 0 rings (SSSR count). The van der Waals surface area contributed by atoms with Gasteiger partial charge in [0.05, 0.1) is 6.42 Å². The number of Topliss-reactive ketones (excluding diaryl/α,β-unsaturated/α-hetero) is 2. The van der Waals surface area contributed by atoms with E-state index in [1.54, 1.807) is 0 Å². The Labute approximate surface area is 82.1 Å². The summed E-state index contributed by atoms with van der Waals surface area (Å²) in [5.41, 5.74) is 10.4. The van der Waals surface area contributed by atoms with Crippen molar-refractivity contribution in [1.82, 2.24) is 0 Å². The first-order valence-electron chi connectivity index (χ1n) is 4.10. The molecule has 0 saturated carbocycles. The summed E-state index contributed by atoms with van der Waals surface area (Å²) in [5.74, 6) is -1.27. The molecule has 0 aromatic carbocycles. The van der Waals surface area contributed by atoms with E-state index >= 15 is 0 Å². The maximum absolute atomic E-state index is 11.1. The van der Waals surface area contributed by atoms with Crippen LogP contribution in [0.1, 0.15) is 19.8 Å². The van der Waals surface area contributed by atoms with Gasteiger partial charge in [-0.15, -0.1) is 0 Å². The van der Waals surface area contributed by atoms with Crippen molar-refractivity contribution in [1.29, 1.82) is 0 Å². The first kappa shape index (κ1) is 12.5. The summed E-state index contributed by atoms with van der Waals surface area (Å²) in [7, 11) is 0. The van der Waals surface area contributed by atoms with Gasteiger partial charge < -0.3 is 11.5 Å². The van der Waals surface area contributed by atoms with Crippen molar-refractivity contribution in [3.8, 4) is 0 Å². The topological polar surface area (TPSA) is 103 Å². The molecule has 0 saturated heterocycles. The van der Waals surface area contributed by atoms with Gasteiger partial charge in [0.15, 0.2) is 0 Å². The molecular weight excluding hydrogens is 184 g/mol. The molecule has 1 atom stereocenters. The van der Waals surface area contributed by atoms with Crippen molar-refractivity contribution in [2.75, 3.05) is 0 Å². The number of amides is 1. The lowest BCUT2D eigenvalue weighted by atomic mass is 10.0. The molecule has 0 aliphatic heterocycles. The van der Waals surface area contributed by atoms with Gasteiger partial charge in [0, 0.05) is 18.0 Å². The lowest BCUT2D eigenvalue weighted by Gasteiger charge is -2.10. The monoisotopic (exact) mass is 198 g/mol. The minimum absolute atomic E-state index is 0.00176. The Morgan fingerprint density at radius 2 is 1.86 bits per heavy atom. The number of ketones is 2. The molecule has 1 amide bonds. The highest BCUT2D eigenvalue weighted by Crippen LogP contribution is 2.03. The number of primary amides is 1. The van der Waals surface area contributed by atoms with Gasteiger partial charge >= 0.3 is 0 Å². The fraction of sp³-hybridized carbons (Fsp3) is 0.444. The largest absolute Gasteiger partial charge is 0.366 e. The maximum atomic E-state index is 11.1. The van der Waals surface area contributed by atoms with Crippen molar-refractivity contribution in [3.63, 3.8) is 0 Å². The highest BCUT2D eigenvalue weighted by molar-refractivity contribution is 5.99. The molecule has 14 heavy (non-hydrogen) atoms. The van der Waals surface area contributed by atoms with Crippen molar-refractivity contribution >= 4 is 17.5 Å². The highest BCUT2D eigenvalue weighted by Gasteiger charge is 2.16. The third-order valence-electron chi connectivity index (χ3n) is 1.66. The van der Waals surface area contributed by atoms with E-state index < -0.39 is 11.9 Å². The van der Waals surface area contributed by atoms with Crippen LogP contribution >= 0.6 is 0 Å². The Balaban J connectivity index is 4.12. The van der Waals surface area contributed by atoms with Gasteiger partial charge in [-0.25, -0.2) is 0 Å². The molecule has 5 heteroatoms. The fourth-order valence-electron chi connectivity index (χ4n) is 0.901. The van der Waals surface area contributed by atoms with Gasteiger partial charge in [-0.05, 0) is 6.92 Å². The Kier molecular flexibility index (Phi) is 4.72. The minimum Gasteiger partial charge on any atom is -0.366 e. The molecule has 0 bridgehead atoms. The summed E-state index contributed by atoms with van der Waals surface area (Å²) in [6.07, 6.45) is -0.249. The van der Waals surface area contributed by atoms with Gasteiger partial charge in [-0.2, -0.15) is 0 Å². The smallest absolute Gasteiger partial charge is 0.245 e. The number of hydrogen-bond donors (Lipinski definition) is 2. The molecule has 0 aromatic heterocycles. The standard InChI is InChI=1S/C9H14N2O3/c1-5(12)3-7(13)4-8(10)6(2)9(11)14/h8H,2-4,10H2,1H3,(H2,11,14). The second kappa shape index (κ2) is 5.29. The molecule has 78 valence electrons. The predicted molar refractivity (Wildman–Crippen MR) is 51.2 cm³/mol. The highest BCUT2D eigenvalue weighted by atomic mass is 16.2. The molecule has 5 nitrogen and oxygen atoms in total. The number of carbonyl (C=O) groups is 3. The first-order chi connectivity index (χ1) is 6.34. The molecular formula is C9H14N2O3. The zero-order valence-corrected chi connectivity index (χ0v) is 8.08. The summed E-state index contributed by atoms with van der Waals surface area (Å²) in [4.78, 5) is 32.3. The van der Waals surface area contributed by atoms with Gasteiger partial charge in [0.2, 0.25) is 5.91 Å². The van der Waals surface area contributed by atoms with Gasteiger partial charge in [0.25, 0.3) is 0 Å². The maximum Gasteiger partial charge on any atom is 0.245 e. The molecule has 0 aliphatic rings. The average Bonchev–Trinajstić information content (AvgIpc) is 2.00. The van der Waals surface area contributed by atoms with E-state index in [9.17, 15) is 14.4 Å². The van der Waals surface area contributed by atoms with E-state index in [0.717, 1.165) is 0 Å². The SMILES string of the molecule is C=C(C(N)=O)C(N)CC(=O)CC(C)=O. The Morgan fingerprint density at radius 3 is 2.21 bits per heavy atom. The zero-order valence-electron chi connectivity index (χ0n) is 8.08. The first-order valence-corrected chi connectivity index (χ1v) is 4.10. The fourth-order valence-corrected chi connectivity index (χ4v) is 0.901. The molecule has 4 N–H and O–H groups in total. The third kappa shape index (κ3) is 4.51. The molecule has 0 aliphatic carbocycles. The number of carbonyl (C=O) groups excluding carboxylic acids is 3. The Hall–Kier alpha value is -1.49. The van der Waals surface area contributed by atoms with Crippen LogP contribution in [0.2, 0.25) is 0 Å². The third-order valence-corrected chi connectivity index (χ3v) is 1.66. The van der Waals surface area contributed by atoms with Crippen LogP contribution in [0.25, 0.3) is 0 Å². The Morgan fingerprint density at radius 1 is 1.36 bits per heavy atom. The summed E-state index contributed by atoms with van der Waals surface area (Å²) >= 11 is 0. The van der Waals surface area contributed by atoms with Crippen molar-refractivity contribution in [2.45, 2.75) is 25.8 Å². The predicted octanol–water partition coefficient (Wildman–Crippen LogP) is -0.707. The molecule has 0 spiro atoms. The summed E-state index contributed by atoms with van der Waals surface area (Å²) < 4.78 is 0. The van der Waals surface area contributed by atoms with Crippen LogP contribution in [0, 0.1) is 0 Å². The van der Waals surface area contributed by atoms with Crippen LogP contribution in [0.3, 0.4) is 0 Å². The van der Waals surface area contributed by atoms with Crippen molar-refractivity contribution < 1.29 is 14.4 Å². The second-order valence-corrected chi connectivity index (χ2v) is 3.12. The van der Waals surface area contributed by atoms with E-state index in [1.165, 1.54) is 6.92 Å².